The molecule has 236 valence electrons. The molecule has 1 saturated heterocycles. The van der Waals surface area contributed by atoms with Crippen molar-refractivity contribution in [1.29, 1.82) is 0 Å². The fourth-order valence-electron chi connectivity index (χ4n) is 7.53. The summed E-state index contributed by atoms with van der Waals surface area (Å²) in [4.78, 5) is 32.5. The van der Waals surface area contributed by atoms with Gasteiger partial charge in [0.25, 0.3) is 0 Å². The van der Waals surface area contributed by atoms with Gasteiger partial charge >= 0.3 is 0 Å². The van der Waals surface area contributed by atoms with Gasteiger partial charge in [-0.2, -0.15) is 5.10 Å². The maximum Gasteiger partial charge on any atom is 0.226 e. The quantitative estimate of drug-likeness (QED) is 0.277. The number of aromatic nitrogens is 3. The Balaban J connectivity index is 1.30. The van der Waals surface area contributed by atoms with Gasteiger partial charge in [-0.05, 0) is 98.1 Å². The van der Waals surface area contributed by atoms with Crippen molar-refractivity contribution in [3.8, 4) is 5.75 Å². The molecule has 44 heavy (non-hydrogen) atoms. The lowest BCUT2D eigenvalue weighted by Gasteiger charge is -2.48. The zero-order valence-corrected chi connectivity index (χ0v) is 25.8. The highest BCUT2D eigenvalue weighted by Gasteiger charge is 2.43. The normalized spacial score (nSPS) is 18.5. The van der Waals surface area contributed by atoms with Crippen LogP contribution < -0.4 is 5.32 Å². The van der Waals surface area contributed by atoms with E-state index in [2.05, 4.69) is 15.4 Å². The van der Waals surface area contributed by atoms with Crippen molar-refractivity contribution >= 4 is 11.8 Å². The molecule has 2 amide bonds. The van der Waals surface area contributed by atoms with Gasteiger partial charge in [-0.1, -0.05) is 43.5 Å². The average molecular weight is 604 g/mol. The standard InChI is InChI=1S/C35H46FN5O3/c1-26(42)39-32(22-28-9-15-33(43)16-10-28)14-11-29(21-27-7-12-31(36)13-8-27)34(44)40-19-17-35(18-20-40,23-41-25-37-24-38-41)30-5-3-2-4-6-30/h7-10,12-13,15-16,24-25,29-30,32,43H,2-6,11,14,17-23H2,1H3,(H,39,42). The summed E-state index contributed by atoms with van der Waals surface area (Å²) in [7, 11) is 0. The van der Waals surface area contributed by atoms with E-state index < -0.39 is 0 Å². The lowest BCUT2D eigenvalue weighted by atomic mass is 9.63. The van der Waals surface area contributed by atoms with Crippen LogP contribution in [0.5, 0.6) is 5.75 Å². The molecule has 5 rings (SSSR count). The van der Waals surface area contributed by atoms with Crippen molar-refractivity contribution in [2.75, 3.05) is 13.1 Å². The lowest BCUT2D eigenvalue weighted by molar-refractivity contribution is -0.139. The minimum atomic E-state index is -0.293. The first-order chi connectivity index (χ1) is 21.3. The summed E-state index contributed by atoms with van der Waals surface area (Å²) in [5.74, 6) is 0.278. The van der Waals surface area contributed by atoms with Crippen LogP contribution in [0, 0.1) is 23.1 Å². The van der Waals surface area contributed by atoms with E-state index >= 15 is 0 Å². The number of halogens is 1. The first kappa shape index (κ1) is 31.7. The molecule has 2 N–H and O–H groups in total. The van der Waals surface area contributed by atoms with Gasteiger partial charge in [0, 0.05) is 38.5 Å². The van der Waals surface area contributed by atoms with Crippen LogP contribution in [-0.4, -0.2) is 55.7 Å². The first-order valence-corrected chi connectivity index (χ1v) is 16.2. The number of carbonyl (C=O) groups is 2. The fourth-order valence-corrected chi connectivity index (χ4v) is 7.53. The van der Waals surface area contributed by atoms with E-state index in [0.29, 0.717) is 44.7 Å². The van der Waals surface area contributed by atoms with Crippen molar-refractivity contribution < 1.29 is 19.1 Å². The fraction of sp³-hybridized carbons (Fsp3) is 0.543. The number of rotatable bonds is 12. The Bertz CT molecular complexity index is 1330. The summed E-state index contributed by atoms with van der Waals surface area (Å²) in [5.41, 5.74) is 2.04. The second-order valence-corrected chi connectivity index (χ2v) is 13.0. The van der Waals surface area contributed by atoms with Crippen LogP contribution in [0.1, 0.15) is 75.8 Å². The number of nitrogens with zero attached hydrogens (tertiary/aromatic N) is 4. The zero-order chi connectivity index (χ0) is 30.9. The van der Waals surface area contributed by atoms with E-state index in [4.69, 9.17) is 0 Å². The Hall–Kier alpha value is -3.75. The van der Waals surface area contributed by atoms with Crippen LogP contribution in [0.25, 0.3) is 0 Å². The third kappa shape index (κ3) is 8.45. The number of benzene rings is 2. The van der Waals surface area contributed by atoms with Gasteiger partial charge in [0.05, 0.1) is 0 Å². The summed E-state index contributed by atoms with van der Waals surface area (Å²) >= 11 is 0. The number of phenolic OH excluding ortho intramolecular Hbond substituents is 1. The van der Waals surface area contributed by atoms with Crippen LogP contribution in [0.4, 0.5) is 4.39 Å². The van der Waals surface area contributed by atoms with E-state index in [1.165, 1.54) is 51.2 Å². The average Bonchev–Trinajstić information content (AvgIpc) is 3.54. The second-order valence-electron chi connectivity index (χ2n) is 13.0. The van der Waals surface area contributed by atoms with Crippen molar-refractivity contribution in [3.63, 3.8) is 0 Å². The van der Waals surface area contributed by atoms with Crippen molar-refractivity contribution in [2.24, 2.45) is 17.3 Å². The van der Waals surface area contributed by atoms with Gasteiger partial charge in [0.2, 0.25) is 11.8 Å². The molecule has 1 saturated carbocycles. The zero-order valence-electron chi connectivity index (χ0n) is 25.8. The maximum absolute atomic E-state index is 14.2. The molecule has 0 bridgehead atoms. The van der Waals surface area contributed by atoms with Crippen LogP contribution in [0.15, 0.2) is 61.2 Å². The van der Waals surface area contributed by atoms with Gasteiger partial charge in [0.15, 0.2) is 0 Å². The Morgan fingerprint density at radius 2 is 1.64 bits per heavy atom. The van der Waals surface area contributed by atoms with Gasteiger partial charge in [-0.25, -0.2) is 9.37 Å². The molecular formula is C35H46FN5O3. The molecule has 8 nitrogen and oxygen atoms in total. The van der Waals surface area contributed by atoms with Gasteiger partial charge < -0.3 is 15.3 Å². The number of piperidine rings is 1. The lowest BCUT2D eigenvalue weighted by Crippen LogP contribution is -2.50. The number of nitrogens with one attached hydrogen (secondary N) is 1. The Labute approximate surface area is 260 Å². The van der Waals surface area contributed by atoms with Crippen LogP contribution >= 0.6 is 0 Å². The molecule has 1 aromatic heterocycles. The molecule has 2 aliphatic rings. The third-order valence-corrected chi connectivity index (χ3v) is 9.92. The van der Waals surface area contributed by atoms with Gasteiger partial charge in [-0.3, -0.25) is 14.3 Å². The number of hydrogen-bond acceptors (Lipinski definition) is 5. The summed E-state index contributed by atoms with van der Waals surface area (Å²) < 4.78 is 15.7. The summed E-state index contributed by atoms with van der Waals surface area (Å²) in [6.45, 7) is 3.78. The second kappa shape index (κ2) is 14.8. The molecule has 2 fully saturated rings. The van der Waals surface area contributed by atoms with E-state index in [1.807, 2.05) is 28.0 Å². The largest absolute Gasteiger partial charge is 0.508 e. The number of hydrogen-bond donors (Lipinski definition) is 2. The maximum atomic E-state index is 14.2. The first-order valence-electron chi connectivity index (χ1n) is 16.2. The molecule has 2 atom stereocenters. The predicted molar refractivity (Wildman–Crippen MR) is 167 cm³/mol. The molecule has 0 radical (unpaired) electrons. The minimum Gasteiger partial charge on any atom is -0.508 e. The minimum absolute atomic E-state index is 0.109. The van der Waals surface area contributed by atoms with Crippen molar-refractivity contribution in [1.82, 2.24) is 25.0 Å². The molecular weight excluding hydrogens is 557 g/mol. The van der Waals surface area contributed by atoms with Crippen LogP contribution in [0.3, 0.4) is 0 Å². The molecule has 2 unspecified atom stereocenters. The predicted octanol–water partition coefficient (Wildman–Crippen LogP) is 5.70. The van der Waals surface area contributed by atoms with Crippen molar-refractivity contribution in [2.45, 2.75) is 90.1 Å². The smallest absolute Gasteiger partial charge is 0.226 e. The topological polar surface area (TPSA) is 100 Å². The Kier molecular flexibility index (Phi) is 10.7. The molecule has 9 heteroatoms. The number of phenols is 1. The number of aromatic hydroxyl groups is 1. The number of likely N-dealkylation sites (tertiary alicyclic amines) is 1. The monoisotopic (exact) mass is 603 g/mol. The Morgan fingerprint density at radius 3 is 2.27 bits per heavy atom. The molecule has 3 aromatic rings. The van der Waals surface area contributed by atoms with Gasteiger partial charge in [-0.15, -0.1) is 0 Å². The summed E-state index contributed by atoms with van der Waals surface area (Å²) in [5, 5.41) is 17.2. The highest BCUT2D eigenvalue weighted by atomic mass is 19.1. The highest BCUT2D eigenvalue weighted by molar-refractivity contribution is 5.79. The molecule has 2 heterocycles. The summed E-state index contributed by atoms with van der Waals surface area (Å²) in [6, 6.07) is 13.3. The SMILES string of the molecule is CC(=O)NC(CCC(Cc1ccc(F)cc1)C(=O)N1CCC(Cn2cncn2)(C2CCCCC2)CC1)Cc1ccc(O)cc1. The van der Waals surface area contributed by atoms with Crippen LogP contribution in [0.2, 0.25) is 0 Å². The van der Waals surface area contributed by atoms with Crippen molar-refractivity contribution in [3.05, 3.63) is 78.1 Å². The molecule has 0 spiro atoms. The molecule has 1 aliphatic carbocycles. The molecule has 1 aliphatic heterocycles. The highest BCUT2D eigenvalue weighted by Crippen LogP contribution is 2.47. The number of amides is 2. The van der Waals surface area contributed by atoms with Gasteiger partial charge in [0.1, 0.15) is 24.2 Å². The third-order valence-electron chi connectivity index (χ3n) is 9.92. The molecule has 2 aromatic carbocycles. The number of carbonyl (C=O) groups excluding carboxylic acids is 2. The summed E-state index contributed by atoms with van der Waals surface area (Å²) in [6.07, 6.45) is 14.0. The van der Waals surface area contributed by atoms with E-state index in [0.717, 1.165) is 30.5 Å². The van der Waals surface area contributed by atoms with E-state index in [9.17, 15) is 19.1 Å². The Morgan fingerprint density at radius 1 is 0.977 bits per heavy atom. The van der Waals surface area contributed by atoms with E-state index in [-0.39, 0.29) is 40.8 Å². The van der Waals surface area contributed by atoms with E-state index in [1.54, 1.807) is 30.6 Å². The van der Waals surface area contributed by atoms with Crippen LogP contribution in [-0.2, 0) is 29.0 Å².